The number of aromatic nitrogens is 1. The van der Waals surface area contributed by atoms with Gasteiger partial charge in [-0.05, 0) is 0 Å². The van der Waals surface area contributed by atoms with Gasteiger partial charge in [0.05, 0.1) is 6.54 Å². The summed E-state index contributed by atoms with van der Waals surface area (Å²) in [5.41, 5.74) is 0.924. The highest BCUT2D eigenvalue weighted by Crippen LogP contribution is 2.20. The molecular weight excluding hydrogens is 192 g/mol. The zero-order valence-electron chi connectivity index (χ0n) is 9.41. The number of fused-ring (bicyclic) bond motifs is 1. The normalized spacial score (nSPS) is 15.6. The highest BCUT2D eigenvalue weighted by molar-refractivity contribution is 5.78. The second-order valence-electron chi connectivity index (χ2n) is 4.27. The number of rotatable bonds is 1. The predicted octanol–water partition coefficient (Wildman–Crippen LogP) is 1.52. The summed E-state index contributed by atoms with van der Waals surface area (Å²) in [4.78, 5) is 17.9. The van der Waals surface area contributed by atoms with E-state index in [1.807, 2.05) is 25.7 Å². The van der Waals surface area contributed by atoms with Crippen LogP contribution in [0.4, 0.5) is 0 Å². The van der Waals surface area contributed by atoms with Gasteiger partial charge in [0.25, 0.3) is 0 Å². The van der Waals surface area contributed by atoms with Gasteiger partial charge in [0.1, 0.15) is 11.5 Å². The number of carbonyl (C=O) groups excluding carboxylic acids is 1. The van der Waals surface area contributed by atoms with Crippen LogP contribution in [0.25, 0.3) is 0 Å². The van der Waals surface area contributed by atoms with E-state index in [-0.39, 0.29) is 11.8 Å². The summed E-state index contributed by atoms with van der Waals surface area (Å²) < 4.78 is 5.45. The summed E-state index contributed by atoms with van der Waals surface area (Å²) in [5, 5.41) is 0. The minimum atomic E-state index is 0.0551. The number of aryl methyl sites for hydroxylation is 1. The Bertz CT molecular complexity index is 382. The van der Waals surface area contributed by atoms with Gasteiger partial charge in [-0.1, -0.05) is 13.8 Å². The first kappa shape index (κ1) is 10.2. The molecule has 0 aromatic carbocycles. The molecule has 1 aliphatic rings. The highest BCUT2D eigenvalue weighted by Gasteiger charge is 2.25. The van der Waals surface area contributed by atoms with Crippen molar-refractivity contribution in [2.75, 3.05) is 6.54 Å². The highest BCUT2D eigenvalue weighted by atomic mass is 16.4. The molecule has 0 bridgehead atoms. The maximum Gasteiger partial charge on any atom is 0.225 e. The number of oxazole rings is 1. The molecule has 1 aromatic rings. The Morgan fingerprint density at radius 2 is 2.27 bits per heavy atom. The maximum atomic E-state index is 11.8. The van der Waals surface area contributed by atoms with E-state index >= 15 is 0 Å². The predicted molar refractivity (Wildman–Crippen MR) is 55.2 cm³/mol. The first-order valence-corrected chi connectivity index (χ1v) is 5.32. The molecule has 1 amide bonds. The average molecular weight is 208 g/mol. The summed E-state index contributed by atoms with van der Waals surface area (Å²) >= 11 is 0. The summed E-state index contributed by atoms with van der Waals surface area (Å²) in [6.45, 7) is 7.03. The lowest BCUT2D eigenvalue weighted by atomic mass is 10.1. The lowest BCUT2D eigenvalue weighted by molar-refractivity contribution is -0.135. The molecule has 0 fully saturated rings. The third-order valence-corrected chi connectivity index (χ3v) is 2.64. The molecule has 0 saturated heterocycles. The largest absolute Gasteiger partial charge is 0.446 e. The van der Waals surface area contributed by atoms with E-state index in [0.29, 0.717) is 12.4 Å². The molecule has 0 atom stereocenters. The van der Waals surface area contributed by atoms with Crippen LogP contribution in [0.5, 0.6) is 0 Å². The SMILES string of the molecule is Cc1nc2c(o1)CCN(C(=O)C(C)C)C2. The fourth-order valence-electron chi connectivity index (χ4n) is 1.88. The van der Waals surface area contributed by atoms with Crippen LogP contribution < -0.4 is 0 Å². The molecule has 0 N–H and O–H groups in total. The van der Waals surface area contributed by atoms with Crippen molar-refractivity contribution >= 4 is 5.91 Å². The summed E-state index contributed by atoms with van der Waals surface area (Å²) in [5.74, 6) is 1.89. The number of hydrogen-bond donors (Lipinski definition) is 0. The summed E-state index contributed by atoms with van der Waals surface area (Å²) in [6.07, 6.45) is 0.786. The number of hydrogen-bond acceptors (Lipinski definition) is 3. The monoisotopic (exact) mass is 208 g/mol. The lowest BCUT2D eigenvalue weighted by Gasteiger charge is -2.26. The van der Waals surface area contributed by atoms with Crippen molar-refractivity contribution < 1.29 is 9.21 Å². The molecule has 2 rings (SSSR count). The van der Waals surface area contributed by atoms with Crippen LogP contribution in [0.3, 0.4) is 0 Å². The van der Waals surface area contributed by atoms with E-state index in [0.717, 1.165) is 24.4 Å². The Balaban J connectivity index is 2.15. The average Bonchev–Trinajstić information content (AvgIpc) is 2.55. The van der Waals surface area contributed by atoms with Crippen molar-refractivity contribution in [2.45, 2.75) is 33.7 Å². The van der Waals surface area contributed by atoms with Crippen molar-refractivity contribution in [3.8, 4) is 0 Å². The molecule has 1 aliphatic heterocycles. The van der Waals surface area contributed by atoms with E-state index in [2.05, 4.69) is 4.98 Å². The topological polar surface area (TPSA) is 46.3 Å². The molecular formula is C11H16N2O2. The van der Waals surface area contributed by atoms with E-state index in [1.165, 1.54) is 0 Å². The fourth-order valence-corrected chi connectivity index (χ4v) is 1.88. The van der Waals surface area contributed by atoms with Gasteiger partial charge < -0.3 is 9.32 Å². The van der Waals surface area contributed by atoms with Crippen LogP contribution >= 0.6 is 0 Å². The Kier molecular flexibility index (Phi) is 2.50. The molecule has 4 nitrogen and oxygen atoms in total. The number of carbonyl (C=O) groups is 1. The van der Waals surface area contributed by atoms with Crippen LogP contribution in [0, 0.1) is 12.8 Å². The second-order valence-corrected chi connectivity index (χ2v) is 4.27. The number of amides is 1. The molecule has 82 valence electrons. The molecule has 0 aliphatic carbocycles. The molecule has 2 heterocycles. The fraction of sp³-hybridized carbons (Fsp3) is 0.636. The van der Waals surface area contributed by atoms with E-state index in [4.69, 9.17) is 4.42 Å². The van der Waals surface area contributed by atoms with Crippen LogP contribution in [0.15, 0.2) is 4.42 Å². The first-order valence-electron chi connectivity index (χ1n) is 5.32. The lowest BCUT2D eigenvalue weighted by Crippen LogP contribution is -2.38. The Morgan fingerprint density at radius 3 is 2.93 bits per heavy atom. The molecule has 0 radical (unpaired) electrons. The molecule has 1 aromatic heterocycles. The van der Waals surface area contributed by atoms with Gasteiger partial charge in [-0.2, -0.15) is 0 Å². The quantitative estimate of drug-likeness (QED) is 0.703. The molecule has 0 unspecified atom stereocenters. The zero-order chi connectivity index (χ0) is 11.0. The van der Waals surface area contributed by atoms with Crippen molar-refractivity contribution in [1.82, 2.24) is 9.88 Å². The molecule has 15 heavy (non-hydrogen) atoms. The standard InChI is InChI=1S/C11H16N2O2/c1-7(2)11(14)13-5-4-10-9(6-13)12-8(3)15-10/h7H,4-6H2,1-3H3. The second kappa shape index (κ2) is 3.68. The maximum absolute atomic E-state index is 11.8. The summed E-state index contributed by atoms with van der Waals surface area (Å²) in [6, 6.07) is 0. The minimum Gasteiger partial charge on any atom is -0.446 e. The Labute approximate surface area is 89.3 Å². The molecule has 0 spiro atoms. The number of nitrogens with zero attached hydrogens (tertiary/aromatic N) is 2. The van der Waals surface area contributed by atoms with Crippen molar-refractivity contribution in [3.63, 3.8) is 0 Å². The van der Waals surface area contributed by atoms with Crippen molar-refractivity contribution in [1.29, 1.82) is 0 Å². The van der Waals surface area contributed by atoms with E-state index in [9.17, 15) is 4.79 Å². The van der Waals surface area contributed by atoms with Crippen LogP contribution in [-0.4, -0.2) is 22.3 Å². The van der Waals surface area contributed by atoms with Gasteiger partial charge in [-0.25, -0.2) is 4.98 Å². The smallest absolute Gasteiger partial charge is 0.225 e. The van der Waals surface area contributed by atoms with E-state index in [1.54, 1.807) is 0 Å². The van der Waals surface area contributed by atoms with Gasteiger partial charge in [0.15, 0.2) is 5.89 Å². The van der Waals surface area contributed by atoms with E-state index < -0.39 is 0 Å². The van der Waals surface area contributed by atoms with Crippen molar-refractivity contribution in [2.24, 2.45) is 5.92 Å². The zero-order valence-corrected chi connectivity index (χ0v) is 9.41. The first-order chi connectivity index (χ1) is 7.08. The van der Waals surface area contributed by atoms with Crippen LogP contribution in [0.1, 0.15) is 31.2 Å². The van der Waals surface area contributed by atoms with Gasteiger partial charge >= 0.3 is 0 Å². The summed E-state index contributed by atoms with van der Waals surface area (Å²) in [7, 11) is 0. The van der Waals surface area contributed by atoms with Gasteiger partial charge in [0, 0.05) is 25.8 Å². The Morgan fingerprint density at radius 1 is 1.53 bits per heavy atom. The Hall–Kier alpha value is -1.32. The van der Waals surface area contributed by atoms with Crippen LogP contribution in [0.2, 0.25) is 0 Å². The third kappa shape index (κ3) is 1.89. The molecule has 4 heteroatoms. The van der Waals surface area contributed by atoms with Gasteiger partial charge in [0.2, 0.25) is 5.91 Å². The minimum absolute atomic E-state index is 0.0551. The van der Waals surface area contributed by atoms with Gasteiger partial charge in [-0.15, -0.1) is 0 Å². The third-order valence-electron chi connectivity index (χ3n) is 2.64. The molecule has 0 saturated carbocycles. The van der Waals surface area contributed by atoms with Crippen molar-refractivity contribution in [3.05, 3.63) is 17.3 Å². The van der Waals surface area contributed by atoms with Crippen LogP contribution in [-0.2, 0) is 17.8 Å². The van der Waals surface area contributed by atoms with Gasteiger partial charge in [-0.3, -0.25) is 4.79 Å².